The van der Waals surface area contributed by atoms with Crippen LogP contribution in [0.3, 0.4) is 0 Å². The van der Waals surface area contributed by atoms with E-state index in [2.05, 4.69) is 9.97 Å². The minimum absolute atomic E-state index is 0.0168. The van der Waals surface area contributed by atoms with Crippen molar-refractivity contribution in [2.24, 2.45) is 5.92 Å². The lowest BCUT2D eigenvalue weighted by molar-refractivity contribution is -0.142. The summed E-state index contributed by atoms with van der Waals surface area (Å²) in [6.45, 7) is 3.81. The van der Waals surface area contributed by atoms with Gasteiger partial charge in [0.05, 0.1) is 13.2 Å². The van der Waals surface area contributed by atoms with Gasteiger partial charge < -0.3 is 19.4 Å². The van der Waals surface area contributed by atoms with Crippen molar-refractivity contribution in [1.29, 1.82) is 0 Å². The molecule has 3 heterocycles. The maximum Gasteiger partial charge on any atom is 0.246 e. The Morgan fingerprint density at radius 3 is 2.30 bits per heavy atom. The van der Waals surface area contributed by atoms with Gasteiger partial charge in [-0.1, -0.05) is 0 Å². The molecule has 8 heteroatoms. The van der Waals surface area contributed by atoms with E-state index < -0.39 is 0 Å². The summed E-state index contributed by atoms with van der Waals surface area (Å²) in [5.41, 5.74) is 0.784. The van der Waals surface area contributed by atoms with Crippen molar-refractivity contribution in [3.63, 3.8) is 0 Å². The van der Waals surface area contributed by atoms with Crippen molar-refractivity contribution in [1.82, 2.24) is 19.8 Å². The fourth-order valence-electron chi connectivity index (χ4n) is 3.31. The summed E-state index contributed by atoms with van der Waals surface area (Å²) in [4.78, 5) is 38.9. The van der Waals surface area contributed by atoms with Crippen molar-refractivity contribution < 1.29 is 14.3 Å². The lowest BCUT2D eigenvalue weighted by atomic mass is 9.95. The zero-order chi connectivity index (χ0) is 19.2. The first kappa shape index (κ1) is 19.3. The lowest BCUT2D eigenvalue weighted by Gasteiger charge is -2.35. The molecule has 0 radical (unpaired) electrons. The molecule has 0 bridgehead atoms. The zero-order valence-electron chi connectivity index (χ0n) is 16.0. The number of ether oxygens (including phenoxy) is 1. The van der Waals surface area contributed by atoms with Crippen LogP contribution in [0.2, 0.25) is 0 Å². The van der Waals surface area contributed by atoms with Crippen molar-refractivity contribution in [2.75, 3.05) is 58.4 Å². The van der Waals surface area contributed by atoms with Gasteiger partial charge in [0.15, 0.2) is 0 Å². The number of carbonyl (C=O) groups is 2. The van der Waals surface area contributed by atoms with Gasteiger partial charge in [-0.2, -0.15) is 0 Å². The Hall–Kier alpha value is -2.48. The van der Waals surface area contributed by atoms with Gasteiger partial charge >= 0.3 is 0 Å². The molecular weight excluding hydrogens is 346 g/mol. The molecule has 1 aromatic rings. The lowest BCUT2D eigenvalue weighted by Crippen LogP contribution is -2.47. The number of piperidine rings is 1. The predicted octanol–water partition coefficient (Wildman–Crippen LogP) is 0.653. The SMILES string of the molecule is CN(C)c1ncc(C=CC(=O)N2CCC(C(=O)N3CCOCC3)CC2)cn1. The second kappa shape index (κ2) is 8.94. The van der Waals surface area contributed by atoms with E-state index in [-0.39, 0.29) is 17.7 Å². The Labute approximate surface area is 159 Å². The fraction of sp³-hybridized carbons (Fsp3) is 0.579. The second-order valence-corrected chi connectivity index (χ2v) is 7.08. The molecule has 2 aliphatic rings. The summed E-state index contributed by atoms with van der Waals surface area (Å²) in [5, 5.41) is 0. The number of anilines is 1. The third-order valence-corrected chi connectivity index (χ3v) is 4.96. The van der Waals surface area contributed by atoms with Crippen LogP contribution in [0.5, 0.6) is 0 Å². The van der Waals surface area contributed by atoms with Gasteiger partial charge in [0.25, 0.3) is 0 Å². The van der Waals surface area contributed by atoms with Crippen LogP contribution in [0.25, 0.3) is 6.08 Å². The average Bonchev–Trinajstić information content (AvgIpc) is 2.72. The van der Waals surface area contributed by atoms with Gasteiger partial charge in [-0.15, -0.1) is 0 Å². The molecule has 0 aromatic carbocycles. The number of carbonyl (C=O) groups excluding carboxylic acids is 2. The Morgan fingerprint density at radius 2 is 1.70 bits per heavy atom. The molecule has 0 saturated carbocycles. The monoisotopic (exact) mass is 373 g/mol. The third kappa shape index (κ3) is 5.03. The number of aromatic nitrogens is 2. The first-order valence-corrected chi connectivity index (χ1v) is 9.37. The van der Waals surface area contributed by atoms with Gasteiger partial charge in [0.2, 0.25) is 17.8 Å². The third-order valence-electron chi connectivity index (χ3n) is 4.96. The summed E-state index contributed by atoms with van der Waals surface area (Å²) in [5.74, 6) is 0.816. The number of hydrogen-bond acceptors (Lipinski definition) is 6. The molecule has 2 amide bonds. The van der Waals surface area contributed by atoms with Gasteiger partial charge in [-0.3, -0.25) is 9.59 Å². The predicted molar refractivity (Wildman–Crippen MR) is 102 cm³/mol. The highest BCUT2D eigenvalue weighted by Gasteiger charge is 2.30. The normalized spacial score (nSPS) is 18.7. The summed E-state index contributed by atoms with van der Waals surface area (Å²) in [6.07, 6.45) is 8.11. The van der Waals surface area contributed by atoms with E-state index >= 15 is 0 Å². The zero-order valence-corrected chi connectivity index (χ0v) is 16.0. The Balaban J connectivity index is 1.48. The van der Waals surface area contributed by atoms with E-state index in [1.807, 2.05) is 23.9 Å². The van der Waals surface area contributed by atoms with E-state index in [0.29, 0.717) is 45.3 Å². The van der Waals surface area contributed by atoms with Gasteiger partial charge in [-0.05, 0) is 18.9 Å². The first-order chi connectivity index (χ1) is 13.0. The molecule has 2 saturated heterocycles. The van der Waals surface area contributed by atoms with Crippen LogP contribution < -0.4 is 4.90 Å². The number of likely N-dealkylation sites (tertiary alicyclic amines) is 1. The van der Waals surface area contributed by atoms with Gasteiger partial charge in [0, 0.05) is 70.2 Å². The van der Waals surface area contributed by atoms with Crippen LogP contribution in [-0.2, 0) is 14.3 Å². The molecule has 0 unspecified atom stereocenters. The van der Waals surface area contributed by atoms with E-state index in [1.54, 1.807) is 29.4 Å². The van der Waals surface area contributed by atoms with Gasteiger partial charge in [-0.25, -0.2) is 9.97 Å². The summed E-state index contributed by atoms with van der Waals surface area (Å²) >= 11 is 0. The average molecular weight is 373 g/mol. The smallest absolute Gasteiger partial charge is 0.246 e. The standard InChI is InChI=1S/C19H27N5O3/c1-22(2)19-20-13-15(14-21-19)3-4-17(25)23-7-5-16(6-8-23)18(26)24-9-11-27-12-10-24/h3-4,13-14,16H,5-12H2,1-2H3. The molecule has 0 N–H and O–H groups in total. The maximum atomic E-state index is 12.6. The van der Waals surface area contributed by atoms with Crippen molar-refractivity contribution in [2.45, 2.75) is 12.8 Å². The second-order valence-electron chi connectivity index (χ2n) is 7.08. The van der Waals surface area contributed by atoms with Crippen molar-refractivity contribution >= 4 is 23.8 Å². The first-order valence-electron chi connectivity index (χ1n) is 9.37. The van der Waals surface area contributed by atoms with E-state index in [0.717, 1.165) is 18.4 Å². The molecular formula is C19H27N5O3. The highest BCUT2D eigenvalue weighted by atomic mass is 16.5. The minimum atomic E-state index is -0.0380. The van der Waals surface area contributed by atoms with Crippen LogP contribution in [0.1, 0.15) is 18.4 Å². The molecule has 2 fully saturated rings. The quantitative estimate of drug-likeness (QED) is 0.721. The Morgan fingerprint density at radius 1 is 1.07 bits per heavy atom. The molecule has 3 rings (SSSR count). The summed E-state index contributed by atoms with van der Waals surface area (Å²) in [7, 11) is 3.75. The van der Waals surface area contributed by atoms with Crippen LogP contribution in [-0.4, -0.2) is 85.1 Å². The fourth-order valence-corrected chi connectivity index (χ4v) is 3.31. The Bertz CT molecular complexity index is 675. The van der Waals surface area contributed by atoms with Crippen molar-refractivity contribution in [3.8, 4) is 0 Å². The highest BCUT2D eigenvalue weighted by molar-refractivity contribution is 5.92. The molecule has 0 spiro atoms. The molecule has 1 aromatic heterocycles. The molecule has 0 atom stereocenters. The largest absolute Gasteiger partial charge is 0.378 e. The van der Waals surface area contributed by atoms with Gasteiger partial charge in [0.1, 0.15) is 0 Å². The van der Waals surface area contributed by atoms with Crippen LogP contribution in [0.15, 0.2) is 18.5 Å². The minimum Gasteiger partial charge on any atom is -0.378 e. The van der Waals surface area contributed by atoms with Crippen LogP contribution in [0.4, 0.5) is 5.95 Å². The van der Waals surface area contributed by atoms with E-state index in [4.69, 9.17) is 4.74 Å². The number of hydrogen-bond donors (Lipinski definition) is 0. The van der Waals surface area contributed by atoms with E-state index in [1.165, 1.54) is 0 Å². The highest BCUT2D eigenvalue weighted by Crippen LogP contribution is 2.20. The maximum absolute atomic E-state index is 12.6. The Kier molecular flexibility index (Phi) is 6.39. The van der Waals surface area contributed by atoms with Crippen LogP contribution in [0, 0.1) is 5.92 Å². The molecule has 2 aliphatic heterocycles. The van der Waals surface area contributed by atoms with Crippen LogP contribution >= 0.6 is 0 Å². The number of nitrogens with zero attached hydrogens (tertiary/aromatic N) is 5. The van der Waals surface area contributed by atoms with E-state index in [9.17, 15) is 9.59 Å². The molecule has 27 heavy (non-hydrogen) atoms. The summed E-state index contributed by atoms with van der Waals surface area (Å²) in [6, 6.07) is 0. The number of amides is 2. The van der Waals surface area contributed by atoms with Crippen molar-refractivity contribution in [3.05, 3.63) is 24.0 Å². The molecule has 146 valence electrons. The number of morpholine rings is 1. The molecule has 8 nitrogen and oxygen atoms in total. The number of rotatable bonds is 4. The molecule has 0 aliphatic carbocycles. The summed E-state index contributed by atoms with van der Waals surface area (Å²) < 4.78 is 5.30. The topological polar surface area (TPSA) is 78.9 Å².